The lowest BCUT2D eigenvalue weighted by Crippen LogP contribution is -2.14. The number of rotatable bonds is 3. The molecule has 0 saturated carbocycles. The number of benzene rings is 3. The molecule has 0 spiro atoms. The Morgan fingerprint density at radius 2 is 1.79 bits per heavy atom. The highest BCUT2D eigenvalue weighted by Gasteiger charge is 2.22. The maximum Gasteiger partial charge on any atom is 0.189 e. The summed E-state index contributed by atoms with van der Waals surface area (Å²) < 4.78 is 15.8. The number of carbonyl (C=O) groups excluding carboxylic acids is 1. The highest BCUT2D eigenvalue weighted by molar-refractivity contribution is 6.13. The molecule has 142 valence electrons. The van der Waals surface area contributed by atoms with E-state index in [1.165, 1.54) is 23.2 Å². The van der Waals surface area contributed by atoms with Gasteiger partial charge in [-0.25, -0.2) is 4.39 Å². The highest BCUT2D eigenvalue weighted by Crippen LogP contribution is 2.28. The molecule has 29 heavy (non-hydrogen) atoms. The second-order valence-corrected chi connectivity index (χ2v) is 7.55. The number of halogens is 1. The number of ketones is 1. The van der Waals surface area contributed by atoms with E-state index in [9.17, 15) is 9.18 Å². The van der Waals surface area contributed by atoms with Crippen LogP contribution >= 0.6 is 0 Å². The Labute approximate surface area is 168 Å². The van der Waals surface area contributed by atoms with E-state index in [0.29, 0.717) is 12.0 Å². The first-order chi connectivity index (χ1) is 14.2. The fourth-order valence-corrected chi connectivity index (χ4v) is 4.10. The number of Topliss-reactive ketones (excluding diaryl/α,β-unsaturated/α-hetero) is 1. The molecule has 1 aliphatic rings. The minimum Gasteiger partial charge on any atom is -0.343 e. The van der Waals surface area contributed by atoms with Crippen molar-refractivity contribution >= 4 is 22.8 Å². The molecule has 0 saturated heterocycles. The third-order valence-electron chi connectivity index (χ3n) is 5.60. The maximum absolute atomic E-state index is 13.6. The summed E-state index contributed by atoms with van der Waals surface area (Å²) >= 11 is 0. The lowest BCUT2D eigenvalue weighted by atomic mass is 9.86. The second kappa shape index (κ2) is 7.17. The van der Waals surface area contributed by atoms with Gasteiger partial charge in [-0.05, 0) is 65.9 Å². The van der Waals surface area contributed by atoms with Crippen LogP contribution in [0.1, 0.15) is 33.5 Å². The van der Waals surface area contributed by atoms with Crippen molar-refractivity contribution in [2.24, 2.45) is 0 Å². The van der Waals surface area contributed by atoms with Gasteiger partial charge in [-0.1, -0.05) is 42.5 Å². The Kier molecular flexibility index (Phi) is 4.36. The van der Waals surface area contributed by atoms with Crippen molar-refractivity contribution in [1.82, 2.24) is 4.57 Å². The van der Waals surface area contributed by atoms with Crippen LogP contribution in [-0.4, -0.2) is 10.4 Å². The van der Waals surface area contributed by atoms with Crippen LogP contribution in [0.2, 0.25) is 0 Å². The first kappa shape index (κ1) is 17.6. The summed E-state index contributed by atoms with van der Waals surface area (Å²) in [6.07, 6.45) is 5.50. The number of hydrogen-bond acceptors (Lipinski definition) is 1. The summed E-state index contributed by atoms with van der Waals surface area (Å²) in [5.74, 6) is -0.424. The average molecular weight is 381 g/mol. The Balaban J connectivity index is 1.45. The smallest absolute Gasteiger partial charge is 0.189 e. The molecule has 0 unspecified atom stereocenters. The summed E-state index contributed by atoms with van der Waals surface area (Å²) in [5, 5.41) is 1.14. The Bertz CT molecular complexity index is 1250. The first-order valence-electron chi connectivity index (χ1n) is 9.84. The zero-order valence-corrected chi connectivity index (χ0v) is 15.9. The Morgan fingerprint density at radius 3 is 2.66 bits per heavy atom. The summed E-state index contributed by atoms with van der Waals surface area (Å²) in [4.78, 5) is 12.8. The van der Waals surface area contributed by atoms with Crippen molar-refractivity contribution in [1.29, 1.82) is 0 Å². The van der Waals surface area contributed by atoms with Gasteiger partial charge in [0.1, 0.15) is 5.82 Å². The van der Waals surface area contributed by atoms with Crippen molar-refractivity contribution in [2.45, 2.75) is 19.4 Å². The lowest BCUT2D eigenvalue weighted by molar-refractivity contribution is 0.102. The monoisotopic (exact) mass is 381 g/mol. The van der Waals surface area contributed by atoms with Gasteiger partial charge in [-0.2, -0.15) is 0 Å². The molecule has 4 aromatic rings. The molecular weight excluding hydrogens is 361 g/mol. The molecule has 1 aromatic heterocycles. The lowest BCUT2D eigenvalue weighted by Gasteiger charge is -2.17. The predicted octanol–water partition coefficient (Wildman–Crippen LogP) is 6.04. The topological polar surface area (TPSA) is 22.0 Å². The van der Waals surface area contributed by atoms with Crippen molar-refractivity contribution in [3.05, 3.63) is 113 Å². The van der Waals surface area contributed by atoms with Crippen molar-refractivity contribution < 1.29 is 9.18 Å². The van der Waals surface area contributed by atoms with Gasteiger partial charge in [-0.3, -0.25) is 4.79 Å². The van der Waals surface area contributed by atoms with E-state index in [1.54, 1.807) is 6.07 Å². The van der Waals surface area contributed by atoms with Gasteiger partial charge in [0.15, 0.2) is 5.78 Å². The summed E-state index contributed by atoms with van der Waals surface area (Å²) in [6.45, 7) is 0.825. The maximum atomic E-state index is 13.6. The van der Waals surface area contributed by atoms with Crippen molar-refractivity contribution in [2.75, 3.05) is 0 Å². The van der Waals surface area contributed by atoms with Gasteiger partial charge < -0.3 is 4.57 Å². The number of allylic oxidation sites excluding steroid dienone is 1. The normalized spacial score (nSPS) is 15.1. The SMILES string of the molecule is O=C1/C(=C/c2ccc3c(ccn3Cc3ccccc3)c2)CCc2ccc(F)cc21. The summed E-state index contributed by atoms with van der Waals surface area (Å²) in [5.41, 5.74) is 5.59. The highest BCUT2D eigenvalue weighted by atomic mass is 19.1. The zero-order chi connectivity index (χ0) is 19.8. The van der Waals surface area contributed by atoms with E-state index in [2.05, 4.69) is 53.2 Å². The Hall–Kier alpha value is -3.46. The van der Waals surface area contributed by atoms with E-state index in [1.807, 2.05) is 18.2 Å². The molecule has 0 radical (unpaired) electrons. The van der Waals surface area contributed by atoms with Gasteiger partial charge in [0, 0.05) is 34.8 Å². The number of nitrogens with zero attached hydrogens (tertiary/aromatic N) is 1. The molecule has 1 heterocycles. The molecule has 0 bridgehead atoms. The largest absolute Gasteiger partial charge is 0.343 e. The predicted molar refractivity (Wildman–Crippen MR) is 115 cm³/mol. The zero-order valence-electron chi connectivity index (χ0n) is 15.9. The van der Waals surface area contributed by atoms with Gasteiger partial charge in [0.2, 0.25) is 0 Å². The molecule has 3 aromatic carbocycles. The molecule has 0 N–H and O–H groups in total. The summed E-state index contributed by atoms with van der Waals surface area (Å²) in [6, 6.07) is 23.2. The van der Waals surface area contributed by atoms with Crippen LogP contribution in [0.25, 0.3) is 17.0 Å². The molecule has 1 aliphatic carbocycles. The molecule has 2 nitrogen and oxygen atoms in total. The second-order valence-electron chi connectivity index (χ2n) is 7.55. The van der Waals surface area contributed by atoms with Crippen LogP contribution in [0.15, 0.2) is 84.6 Å². The van der Waals surface area contributed by atoms with E-state index in [-0.39, 0.29) is 11.6 Å². The molecule has 5 rings (SSSR count). The van der Waals surface area contributed by atoms with Crippen molar-refractivity contribution in [3.8, 4) is 0 Å². The minimum atomic E-state index is -0.362. The number of aryl methyl sites for hydroxylation is 1. The Morgan fingerprint density at radius 1 is 0.931 bits per heavy atom. The van der Waals surface area contributed by atoms with E-state index in [4.69, 9.17) is 0 Å². The van der Waals surface area contributed by atoms with Gasteiger partial charge in [-0.15, -0.1) is 0 Å². The van der Waals surface area contributed by atoms with E-state index >= 15 is 0 Å². The minimum absolute atomic E-state index is 0.0625. The van der Waals surface area contributed by atoms with Crippen LogP contribution in [0.3, 0.4) is 0 Å². The molecule has 0 amide bonds. The van der Waals surface area contributed by atoms with Crippen LogP contribution in [0.5, 0.6) is 0 Å². The molecule has 0 fully saturated rings. The summed E-state index contributed by atoms with van der Waals surface area (Å²) in [7, 11) is 0. The standard InChI is InChI=1S/C26H20FNO/c27-23-10-9-20-7-8-22(26(29)24(20)16-23)15-19-6-11-25-21(14-19)12-13-28(25)17-18-4-2-1-3-5-18/h1-6,9-16H,7-8,17H2/b22-15+. The number of aromatic nitrogens is 1. The van der Waals surface area contributed by atoms with Gasteiger partial charge in [0.25, 0.3) is 0 Å². The van der Waals surface area contributed by atoms with Gasteiger partial charge in [0.05, 0.1) is 0 Å². The molecule has 0 aliphatic heterocycles. The number of carbonyl (C=O) groups is 1. The molecule has 3 heteroatoms. The number of fused-ring (bicyclic) bond motifs is 2. The number of hydrogen-bond donors (Lipinski definition) is 0. The van der Waals surface area contributed by atoms with Crippen molar-refractivity contribution in [3.63, 3.8) is 0 Å². The van der Waals surface area contributed by atoms with Crippen LogP contribution in [0.4, 0.5) is 4.39 Å². The third kappa shape index (κ3) is 3.40. The van der Waals surface area contributed by atoms with Crippen LogP contribution in [0, 0.1) is 5.82 Å². The molecular formula is C26H20FNO. The fourth-order valence-electron chi connectivity index (χ4n) is 4.10. The first-order valence-corrected chi connectivity index (χ1v) is 9.84. The van der Waals surface area contributed by atoms with E-state index in [0.717, 1.165) is 35.1 Å². The van der Waals surface area contributed by atoms with Crippen LogP contribution in [-0.2, 0) is 13.0 Å². The third-order valence-corrected chi connectivity index (χ3v) is 5.60. The fraction of sp³-hybridized carbons (Fsp3) is 0.115. The quantitative estimate of drug-likeness (QED) is 0.397. The molecule has 0 atom stereocenters. The van der Waals surface area contributed by atoms with Gasteiger partial charge >= 0.3 is 0 Å². The van der Waals surface area contributed by atoms with E-state index < -0.39 is 0 Å². The average Bonchev–Trinajstić information content (AvgIpc) is 3.13. The van der Waals surface area contributed by atoms with Crippen LogP contribution < -0.4 is 0 Å².